The topological polar surface area (TPSA) is 51.2 Å². The number of aromatic nitrogens is 1. The van der Waals surface area contributed by atoms with Crippen LogP contribution >= 0.6 is 27.7 Å². The lowest BCUT2D eigenvalue weighted by Gasteiger charge is -2.12. The molecule has 23 heavy (non-hydrogen) atoms. The predicted octanol–water partition coefficient (Wildman–Crippen LogP) is 4.12. The first-order chi connectivity index (χ1) is 11.1. The van der Waals surface area contributed by atoms with E-state index < -0.39 is 0 Å². The molecule has 0 aliphatic carbocycles. The fourth-order valence-corrected chi connectivity index (χ4v) is 3.72. The molecule has 1 aromatic heterocycles. The Morgan fingerprint density at radius 2 is 2.26 bits per heavy atom. The molecule has 0 unspecified atom stereocenters. The molecule has 120 valence electrons. The molecule has 1 atom stereocenters. The summed E-state index contributed by atoms with van der Waals surface area (Å²) >= 11 is 5.08. The third-order valence-corrected chi connectivity index (χ3v) is 5.14. The molecule has 7 heteroatoms. The maximum Gasteiger partial charge on any atom is 0.255 e. The van der Waals surface area contributed by atoms with E-state index in [1.54, 1.807) is 18.3 Å². The van der Waals surface area contributed by atoms with Crippen LogP contribution in [0.1, 0.15) is 16.8 Å². The number of carbonyl (C=O) groups is 1. The minimum absolute atomic E-state index is 0.150. The van der Waals surface area contributed by atoms with Gasteiger partial charge in [0.1, 0.15) is 11.9 Å². The Kier molecular flexibility index (Phi) is 5.17. The second-order valence-corrected chi connectivity index (χ2v) is 7.07. The fourth-order valence-electron chi connectivity index (χ4n) is 2.18. The molecule has 1 aliphatic rings. The molecule has 1 fully saturated rings. The summed E-state index contributed by atoms with van der Waals surface area (Å²) in [6, 6.07) is 7.33. The number of ether oxygens (including phenoxy) is 1. The van der Waals surface area contributed by atoms with Gasteiger partial charge >= 0.3 is 0 Å². The second-order valence-electron chi connectivity index (χ2n) is 5.06. The highest BCUT2D eigenvalue weighted by Gasteiger charge is 2.18. The van der Waals surface area contributed by atoms with Gasteiger partial charge in [-0.25, -0.2) is 9.37 Å². The smallest absolute Gasteiger partial charge is 0.255 e. The maximum absolute atomic E-state index is 13.1. The van der Waals surface area contributed by atoms with Crippen LogP contribution in [0.3, 0.4) is 0 Å². The zero-order chi connectivity index (χ0) is 16.2. The van der Waals surface area contributed by atoms with Crippen molar-refractivity contribution in [1.29, 1.82) is 0 Å². The van der Waals surface area contributed by atoms with Gasteiger partial charge in [0.25, 0.3) is 5.91 Å². The van der Waals surface area contributed by atoms with Gasteiger partial charge in [-0.05, 0) is 52.4 Å². The van der Waals surface area contributed by atoms with Gasteiger partial charge in [-0.15, -0.1) is 0 Å². The van der Waals surface area contributed by atoms with Gasteiger partial charge in [-0.2, -0.15) is 11.8 Å². The van der Waals surface area contributed by atoms with Crippen molar-refractivity contribution in [2.75, 3.05) is 16.8 Å². The summed E-state index contributed by atoms with van der Waals surface area (Å²) in [6.07, 6.45) is 2.69. The molecule has 1 aromatic carbocycles. The number of anilines is 1. The van der Waals surface area contributed by atoms with Crippen molar-refractivity contribution in [3.8, 4) is 5.88 Å². The Bertz CT molecular complexity index is 723. The van der Waals surface area contributed by atoms with Crippen LogP contribution in [0.2, 0.25) is 0 Å². The van der Waals surface area contributed by atoms with E-state index in [2.05, 4.69) is 26.2 Å². The summed E-state index contributed by atoms with van der Waals surface area (Å²) in [7, 11) is 0. The van der Waals surface area contributed by atoms with Crippen molar-refractivity contribution >= 4 is 39.3 Å². The van der Waals surface area contributed by atoms with E-state index in [1.807, 2.05) is 11.8 Å². The highest BCUT2D eigenvalue weighted by molar-refractivity contribution is 9.10. The van der Waals surface area contributed by atoms with Crippen molar-refractivity contribution in [2.24, 2.45) is 0 Å². The van der Waals surface area contributed by atoms with Crippen molar-refractivity contribution in [1.82, 2.24) is 4.98 Å². The van der Waals surface area contributed by atoms with E-state index in [0.717, 1.165) is 17.9 Å². The Morgan fingerprint density at radius 1 is 1.39 bits per heavy atom. The molecule has 0 saturated carbocycles. The van der Waals surface area contributed by atoms with Gasteiger partial charge < -0.3 is 10.1 Å². The van der Waals surface area contributed by atoms with Gasteiger partial charge in [0.15, 0.2) is 0 Å². The van der Waals surface area contributed by atoms with Crippen LogP contribution in [0, 0.1) is 5.82 Å². The molecule has 0 bridgehead atoms. The summed E-state index contributed by atoms with van der Waals surface area (Å²) in [6.45, 7) is 0. The van der Waals surface area contributed by atoms with E-state index in [4.69, 9.17) is 4.74 Å². The lowest BCUT2D eigenvalue weighted by Crippen LogP contribution is -2.17. The number of benzene rings is 1. The molecule has 4 nitrogen and oxygen atoms in total. The first kappa shape index (κ1) is 16.3. The number of hydrogen-bond acceptors (Lipinski definition) is 4. The van der Waals surface area contributed by atoms with Crippen LogP contribution in [0.25, 0.3) is 0 Å². The van der Waals surface area contributed by atoms with E-state index in [-0.39, 0.29) is 17.8 Å². The monoisotopic (exact) mass is 396 g/mol. The van der Waals surface area contributed by atoms with Crippen LogP contribution in [0.5, 0.6) is 5.88 Å². The normalized spacial score (nSPS) is 17.0. The van der Waals surface area contributed by atoms with E-state index in [9.17, 15) is 9.18 Å². The average molecular weight is 397 g/mol. The minimum atomic E-state index is -0.371. The Hall–Kier alpha value is -1.60. The van der Waals surface area contributed by atoms with Crippen LogP contribution in [-0.4, -0.2) is 28.5 Å². The number of nitrogens with zero attached hydrogens (tertiary/aromatic N) is 1. The quantitative estimate of drug-likeness (QED) is 0.844. The van der Waals surface area contributed by atoms with Crippen LogP contribution < -0.4 is 10.1 Å². The minimum Gasteiger partial charge on any atom is -0.473 e. The summed E-state index contributed by atoms with van der Waals surface area (Å²) in [5.41, 5.74) is 0.944. The van der Waals surface area contributed by atoms with Crippen molar-refractivity contribution in [2.45, 2.75) is 12.5 Å². The standard InChI is InChI=1S/C16H14BrFN2O2S/c17-13-8-11(18)1-2-14(13)20-16(21)10-3-5-19-15(7-10)22-12-4-6-23-9-12/h1-3,5,7-8,12H,4,6,9H2,(H,20,21)/t12-/m0/s1. The van der Waals surface area contributed by atoms with Gasteiger partial charge in [-0.3, -0.25) is 4.79 Å². The summed E-state index contributed by atoms with van der Waals surface area (Å²) in [5.74, 6) is 1.81. The number of amides is 1. The van der Waals surface area contributed by atoms with Crippen molar-refractivity contribution in [3.05, 3.63) is 52.4 Å². The zero-order valence-corrected chi connectivity index (χ0v) is 14.5. The Balaban J connectivity index is 1.71. The molecule has 2 aromatic rings. The van der Waals surface area contributed by atoms with E-state index in [0.29, 0.717) is 21.6 Å². The van der Waals surface area contributed by atoms with Crippen LogP contribution in [0.15, 0.2) is 41.0 Å². The maximum atomic E-state index is 13.1. The molecular weight excluding hydrogens is 383 g/mol. The first-order valence-corrected chi connectivity index (χ1v) is 9.03. The summed E-state index contributed by atoms with van der Waals surface area (Å²) in [5, 5.41) is 2.73. The van der Waals surface area contributed by atoms with Gasteiger partial charge in [-0.1, -0.05) is 0 Å². The highest BCUT2D eigenvalue weighted by atomic mass is 79.9. The molecule has 2 heterocycles. The number of rotatable bonds is 4. The molecule has 1 amide bonds. The molecule has 3 rings (SSSR count). The molecule has 0 radical (unpaired) electrons. The Labute approximate surface area is 146 Å². The largest absolute Gasteiger partial charge is 0.473 e. The molecule has 1 saturated heterocycles. The molecule has 1 N–H and O–H groups in total. The zero-order valence-electron chi connectivity index (χ0n) is 12.1. The van der Waals surface area contributed by atoms with E-state index >= 15 is 0 Å². The predicted molar refractivity (Wildman–Crippen MR) is 92.6 cm³/mol. The molecule has 1 aliphatic heterocycles. The average Bonchev–Trinajstić information content (AvgIpc) is 3.03. The molecular formula is C16H14BrFN2O2S. The third kappa shape index (κ3) is 4.23. The van der Waals surface area contributed by atoms with E-state index in [1.165, 1.54) is 18.2 Å². The van der Waals surface area contributed by atoms with Gasteiger partial charge in [0.2, 0.25) is 5.88 Å². The number of carbonyl (C=O) groups excluding carboxylic acids is 1. The number of hydrogen-bond donors (Lipinski definition) is 1. The summed E-state index contributed by atoms with van der Waals surface area (Å²) in [4.78, 5) is 16.5. The molecule has 0 spiro atoms. The second kappa shape index (κ2) is 7.31. The first-order valence-electron chi connectivity index (χ1n) is 7.08. The van der Waals surface area contributed by atoms with Crippen LogP contribution in [-0.2, 0) is 0 Å². The number of pyridine rings is 1. The number of nitrogens with one attached hydrogen (secondary N) is 1. The Morgan fingerprint density at radius 3 is 3.00 bits per heavy atom. The van der Waals surface area contributed by atoms with Crippen molar-refractivity contribution < 1.29 is 13.9 Å². The fraction of sp³-hybridized carbons (Fsp3) is 0.250. The summed E-state index contributed by atoms with van der Waals surface area (Å²) < 4.78 is 19.4. The van der Waals surface area contributed by atoms with Crippen molar-refractivity contribution in [3.63, 3.8) is 0 Å². The lowest BCUT2D eigenvalue weighted by molar-refractivity contribution is 0.102. The lowest BCUT2D eigenvalue weighted by atomic mass is 10.2. The van der Waals surface area contributed by atoms with Crippen LogP contribution in [0.4, 0.5) is 10.1 Å². The SMILES string of the molecule is O=C(Nc1ccc(F)cc1Br)c1ccnc(O[C@H]2CCSC2)c1. The third-order valence-electron chi connectivity index (χ3n) is 3.35. The van der Waals surface area contributed by atoms with Gasteiger partial charge in [0.05, 0.1) is 5.69 Å². The highest BCUT2D eigenvalue weighted by Crippen LogP contribution is 2.25. The number of thioether (sulfide) groups is 1. The van der Waals surface area contributed by atoms with Gasteiger partial charge in [0, 0.05) is 28.1 Å². The number of halogens is 2.